The van der Waals surface area contributed by atoms with Crippen LogP contribution < -0.4 is 10.6 Å². The molecule has 0 saturated carbocycles. The van der Waals surface area contributed by atoms with Crippen molar-refractivity contribution in [2.45, 2.75) is 32.9 Å². The van der Waals surface area contributed by atoms with Gasteiger partial charge in [0.25, 0.3) is 0 Å². The van der Waals surface area contributed by atoms with Gasteiger partial charge in [0.2, 0.25) is 0 Å². The van der Waals surface area contributed by atoms with Crippen LogP contribution in [-0.2, 0) is 6.54 Å². The first-order valence-electron chi connectivity index (χ1n) is 4.84. The van der Waals surface area contributed by atoms with Gasteiger partial charge in [-0.15, -0.1) is 0 Å². The summed E-state index contributed by atoms with van der Waals surface area (Å²) >= 11 is 0. The van der Waals surface area contributed by atoms with Crippen molar-refractivity contribution in [3.8, 4) is 0 Å². The highest BCUT2D eigenvalue weighted by Crippen LogP contribution is 2.22. The van der Waals surface area contributed by atoms with Crippen LogP contribution in [0.3, 0.4) is 0 Å². The average Bonchev–Trinajstić information content (AvgIpc) is 2.15. The van der Waals surface area contributed by atoms with Gasteiger partial charge >= 0.3 is 0 Å². The summed E-state index contributed by atoms with van der Waals surface area (Å²) in [4.78, 5) is 6.51. The summed E-state index contributed by atoms with van der Waals surface area (Å²) in [7, 11) is 2.04. The summed E-state index contributed by atoms with van der Waals surface area (Å²) in [6.45, 7) is 7.00. The lowest BCUT2D eigenvalue weighted by Crippen LogP contribution is -2.39. The smallest absolute Gasteiger partial charge is 0.133 e. The van der Waals surface area contributed by atoms with Crippen molar-refractivity contribution in [1.29, 1.82) is 0 Å². The van der Waals surface area contributed by atoms with E-state index < -0.39 is 0 Å². The zero-order valence-electron chi connectivity index (χ0n) is 9.41. The van der Waals surface area contributed by atoms with Crippen LogP contribution in [0, 0.1) is 0 Å². The van der Waals surface area contributed by atoms with E-state index in [1.54, 1.807) is 6.20 Å². The minimum Gasteiger partial charge on any atom is -0.355 e. The largest absolute Gasteiger partial charge is 0.355 e. The predicted octanol–water partition coefficient (Wildman–Crippen LogP) is 1.77. The summed E-state index contributed by atoms with van der Waals surface area (Å²) in [6.07, 6.45) is 1.80. The van der Waals surface area contributed by atoms with Gasteiger partial charge in [0.15, 0.2) is 0 Å². The summed E-state index contributed by atoms with van der Waals surface area (Å²) in [5.74, 6) is 0.975. The molecule has 1 aromatic heterocycles. The van der Waals surface area contributed by atoms with Gasteiger partial charge in [-0.25, -0.2) is 4.98 Å². The van der Waals surface area contributed by atoms with E-state index in [1.165, 1.54) is 0 Å². The number of aromatic nitrogens is 1. The molecule has 14 heavy (non-hydrogen) atoms. The number of nitrogens with zero attached hydrogens (tertiary/aromatic N) is 2. The molecule has 0 atom stereocenters. The molecule has 0 aliphatic carbocycles. The van der Waals surface area contributed by atoms with Crippen LogP contribution in [0.4, 0.5) is 5.82 Å². The van der Waals surface area contributed by atoms with Crippen LogP contribution in [0.25, 0.3) is 0 Å². The van der Waals surface area contributed by atoms with Gasteiger partial charge in [0.1, 0.15) is 5.82 Å². The molecule has 78 valence electrons. The standard InChI is InChI=1S/C11H19N3/c1-11(2,3)14(4)10-9(8-12)6-5-7-13-10/h5-7H,8,12H2,1-4H3. The molecule has 0 aliphatic rings. The summed E-state index contributed by atoms with van der Waals surface area (Å²) in [5, 5.41) is 0. The Balaban J connectivity index is 3.06. The Labute approximate surface area is 85.9 Å². The molecule has 0 saturated heterocycles. The molecular formula is C11H19N3. The van der Waals surface area contributed by atoms with Crippen molar-refractivity contribution in [3.63, 3.8) is 0 Å². The third-order valence-electron chi connectivity index (χ3n) is 2.41. The fraction of sp³-hybridized carbons (Fsp3) is 0.545. The summed E-state index contributed by atoms with van der Waals surface area (Å²) < 4.78 is 0. The molecule has 1 heterocycles. The van der Waals surface area contributed by atoms with Crippen molar-refractivity contribution in [2.24, 2.45) is 5.73 Å². The van der Waals surface area contributed by atoms with Gasteiger partial charge in [-0.1, -0.05) is 6.07 Å². The van der Waals surface area contributed by atoms with E-state index in [0.717, 1.165) is 11.4 Å². The van der Waals surface area contributed by atoms with Gasteiger partial charge in [-0.3, -0.25) is 0 Å². The molecule has 0 aliphatic heterocycles. The molecule has 0 bridgehead atoms. The molecule has 1 rings (SSSR count). The zero-order valence-corrected chi connectivity index (χ0v) is 9.41. The van der Waals surface area contributed by atoms with Crippen molar-refractivity contribution >= 4 is 5.82 Å². The lowest BCUT2D eigenvalue weighted by Gasteiger charge is -2.34. The summed E-state index contributed by atoms with van der Waals surface area (Å²) in [5.41, 5.74) is 6.82. The minimum absolute atomic E-state index is 0.0677. The van der Waals surface area contributed by atoms with Crippen LogP contribution in [-0.4, -0.2) is 17.6 Å². The average molecular weight is 193 g/mol. The number of hydrogen-bond acceptors (Lipinski definition) is 3. The maximum absolute atomic E-state index is 5.67. The van der Waals surface area contributed by atoms with Crippen LogP contribution in [0.1, 0.15) is 26.3 Å². The molecule has 0 unspecified atom stereocenters. The Bertz CT molecular complexity index is 302. The van der Waals surface area contributed by atoms with Crippen molar-refractivity contribution in [3.05, 3.63) is 23.9 Å². The number of hydrogen-bond donors (Lipinski definition) is 1. The lowest BCUT2D eigenvalue weighted by molar-refractivity contribution is 0.532. The maximum Gasteiger partial charge on any atom is 0.133 e. The molecule has 0 aromatic carbocycles. The fourth-order valence-electron chi connectivity index (χ4n) is 1.21. The zero-order chi connectivity index (χ0) is 10.8. The van der Waals surface area contributed by atoms with Crippen LogP contribution >= 0.6 is 0 Å². The Morgan fingerprint density at radius 3 is 2.57 bits per heavy atom. The molecular weight excluding hydrogens is 174 g/mol. The molecule has 3 nitrogen and oxygen atoms in total. The van der Waals surface area contributed by atoms with E-state index in [4.69, 9.17) is 5.73 Å². The number of rotatable bonds is 2. The van der Waals surface area contributed by atoms with E-state index >= 15 is 0 Å². The molecule has 1 aromatic rings. The van der Waals surface area contributed by atoms with Gasteiger partial charge in [-0.2, -0.15) is 0 Å². The molecule has 0 fully saturated rings. The third kappa shape index (κ3) is 2.23. The van der Waals surface area contributed by atoms with E-state index in [0.29, 0.717) is 6.54 Å². The van der Waals surface area contributed by atoms with Gasteiger partial charge in [0, 0.05) is 30.9 Å². The molecule has 2 N–H and O–H groups in total. The normalized spacial score (nSPS) is 11.5. The summed E-state index contributed by atoms with van der Waals surface area (Å²) in [6, 6.07) is 3.94. The SMILES string of the molecule is CN(c1ncccc1CN)C(C)(C)C. The Kier molecular flexibility index (Phi) is 3.11. The van der Waals surface area contributed by atoms with Gasteiger partial charge < -0.3 is 10.6 Å². The Morgan fingerprint density at radius 1 is 1.43 bits per heavy atom. The van der Waals surface area contributed by atoms with Gasteiger partial charge in [0.05, 0.1) is 0 Å². The number of nitrogens with two attached hydrogens (primary N) is 1. The fourth-order valence-corrected chi connectivity index (χ4v) is 1.21. The molecule has 0 amide bonds. The van der Waals surface area contributed by atoms with E-state index in [2.05, 4.69) is 30.7 Å². The van der Waals surface area contributed by atoms with E-state index in [9.17, 15) is 0 Å². The topological polar surface area (TPSA) is 42.2 Å². The second-order valence-electron chi connectivity index (χ2n) is 4.42. The third-order valence-corrected chi connectivity index (χ3v) is 2.41. The lowest BCUT2D eigenvalue weighted by atomic mass is 10.1. The van der Waals surface area contributed by atoms with Crippen molar-refractivity contribution in [1.82, 2.24) is 4.98 Å². The first kappa shape index (κ1) is 11.0. The van der Waals surface area contributed by atoms with E-state index in [1.807, 2.05) is 19.2 Å². The highest BCUT2D eigenvalue weighted by atomic mass is 15.2. The van der Waals surface area contributed by atoms with Gasteiger partial charge in [-0.05, 0) is 26.8 Å². The van der Waals surface area contributed by atoms with Crippen molar-refractivity contribution < 1.29 is 0 Å². The monoisotopic (exact) mass is 193 g/mol. The number of anilines is 1. The minimum atomic E-state index is 0.0677. The quantitative estimate of drug-likeness (QED) is 0.778. The second-order valence-corrected chi connectivity index (χ2v) is 4.42. The van der Waals surface area contributed by atoms with Crippen LogP contribution in [0.5, 0.6) is 0 Å². The van der Waals surface area contributed by atoms with Crippen LogP contribution in [0.15, 0.2) is 18.3 Å². The van der Waals surface area contributed by atoms with Crippen LogP contribution in [0.2, 0.25) is 0 Å². The molecule has 0 spiro atoms. The molecule has 0 radical (unpaired) electrons. The second kappa shape index (κ2) is 3.96. The maximum atomic E-state index is 5.67. The Morgan fingerprint density at radius 2 is 2.07 bits per heavy atom. The highest BCUT2D eigenvalue weighted by Gasteiger charge is 2.20. The van der Waals surface area contributed by atoms with E-state index in [-0.39, 0.29) is 5.54 Å². The Hall–Kier alpha value is -1.09. The first-order chi connectivity index (χ1) is 6.46. The predicted molar refractivity (Wildman–Crippen MR) is 60.3 cm³/mol. The highest BCUT2D eigenvalue weighted by molar-refractivity contribution is 5.47. The molecule has 3 heteroatoms. The van der Waals surface area contributed by atoms with Crippen molar-refractivity contribution in [2.75, 3.05) is 11.9 Å². The first-order valence-corrected chi connectivity index (χ1v) is 4.84. The number of pyridine rings is 1.